The highest BCUT2D eigenvalue weighted by Gasteiger charge is 2.19. The number of benzene rings is 1. The summed E-state index contributed by atoms with van der Waals surface area (Å²) in [5.41, 5.74) is 2.16. The van der Waals surface area contributed by atoms with Crippen LogP contribution in [0.15, 0.2) is 18.2 Å². The van der Waals surface area contributed by atoms with E-state index < -0.39 is 0 Å². The quantitative estimate of drug-likeness (QED) is 0.828. The molecule has 0 bridgehead atoms. The Morgan fingerprint density at radius 1 is 1.29 bits per heavy atom. The molecule has 1 fully saturated rings. The molecule has 1 unspecified atom stereocenters. The van der Waals surface area contributed by atoms with Crippen LogP contribution in [0.25, 0.3) is 0 Å². The molecule has 2 N–H and O–H groups in total. The molecular weight excluding hydrogens is 260 g/mol. The molecule has 0 radical (unpaired) electrons. The summed E-state index contributed by atoms with van der Waals surface area (Å²) in [6.45, 7) is 9.75. The van der Waals surface area contributed by atoms with E-state index in [1.54, 1.807) is 0 Å². The molecule has 0 saturated carbocycles. The van der Waals surface area contributed by atoms with Crippen LogP contribution in [0, 0.1) is 5.92 Å². The van der Waals surface area contributed by atoms with Crippen molar-refractivity contribution in [2.24, 2.45) is 5.92 Å². The second-order valence-electron chi connectivity index (χ2n) is 6.26. The standard InChI is InChI=1S/C18H30N2O/c1-4-10-19-14(3)17-7-6-16(13-18(17)21)20-11-8-15(5-2)9-12-20/h6-7,13-15,19,21H,4-5,8-12H2,1-3H3. The number of phenolic OH excluding ortho intramolecular Hbond substituents is 1. The molecular formula is C18H30N2O. The van der Waals surface area contributed by atoms with Gasteiger partial charge in [0.1, 0.15) is 5.75 Å². The molecule has 1 aromatic carbocycles. The van der Waals surface area contributed by atoms with Crippen molar-refractivity contribution in [2.45, 2.75) is 52.5 Å². The van der Waals surface area contributed by atoms with Crippen LogP contribution in [0.2, 0.25) is 0 Å². The molecule has 1 aliphatic rings. The minimum Gasteiger partial charge on any atom is -0.508 e. The summed E-state index contributed by atoms with van der Waals surface area (Å²) in [6, 6.07) is 6.37. The number of anilines is 1. The van der Waals surface area contributed by atoms with Crippen molar-refractivity contribution in [3.05, 3.63) is 23.8 Å². The summed E-state index contributed by atoms with van der Waals surface area (Å²) < 4.78 is 0. The largest absolute Gasteiger partial charge is 0.508 e. The maximum absolute atomic E-state index is 10.3. The van der Waals surface area contributed by atoms with E-state index in [1.165, 1.54) is 19.3 Å². The lowest BCUT2D eigenvalue weighted by Crippen LogP contribution is -2.33. The van der Waals surface area contributed by atoms with Gasteiger partial charge in [0.05, 0.1) is 0 Å². The normalized spacial score (nSPS) is 18.0. The van der Waals surface area contributed by atoms with Crippen molar-refractivity contribution < 1.29 is 5.11 Å². The number of nitrogens with zero attached hydrogens (tertiary/aromatic N) is 1. The summed E-state index contributed by atoms with van der Waals surface area (Å²) >= 11 is 0. The van der Waals surface area contributed by atoms with Crippen molar-refractivity contribution in [3.63, 3.8) is 0 Å². The summed E-state index contributed by atoms with van der Waals surface area (Å²) in [5.74, 6) is 1.30. The topological polar surface area (TPSA) is 35.5 Å². The third kappa shape index (κ3) is 4.13. The Kier molecular flexibility index (Phi) is 5.92. The maximum atomic E-state index is 10.3. The lowest BCUT2D eigenvalue weighted by molar-refractivity contribution is 0.394. The third-order valence-electron chi connectivity index (χ3n) is 4.74. The van der Waals surface area contributed by atoms with Crippen molar-refractivity contribution in [3.8, 4) is 5.75 Å². The zero-order chi connectivity index (χ0) is 15.2. The van der Waals surface area contributed by atoms with Gasteiger partial charge in [-0.05, 0) is 44.7 Å². The van der Waals surface area contributed by atoms with Crippen molar-refractivity contribution in [1.82, 2.24) is 5.32 Å². The fourth-order valence-corrected chi connectivity index (χ4v) is 3.17. The summed E-state index contributed by atoms with van der Waals surface area (Å²) in [5, 5.41) is 13.8. The molecule has 1 heterocycles. The minimum atomic E-state index is 0.199. The van der Waals surface area contributed by atoms with E-state index in [1.807, 2.05) is 6.07 Å². The van der Waals surface area contributed by atoms with Crippen LogP contribution < -0.4 is 10.2 Å². The van der Waals surface area contributed by atoms with Crippen LogP contribution in [-0.4, -0.2) is 24.7 Å². The van der Waals surface area contributed by atoms with E-state index in [9.17, 15) is 5.11 Å². The van der Waals surface area contributed by atoms with Crippen LogP contribution in [0.5, 0.6) is 5.75 Å². The molecule has 1 atom stereocenters. The highest BCUT2D eigenvalue weighted by atomic mass is 16.3. The first kappa shape index (κ1) is 16.2. The van der Waals surface area contributed by atoms with E-state index >= 15 is 0 Å². The number of piperidine rings is 1. The number of phenols is 1. The maximum Gasteiger partial charge on any atom is 0.122 e. The predicted molar refractivity (Wildman–Crippen MR) is 90.0 cm³/mol. The highest BCUT2D eigenvalue weighted by molar-refractivity contribution is 5.54. The molecule has 118 valence electrons. The van der Waals surface area contributed by atoms with E-state index in [-0.39, 0.29) is 6.04 Å². The molecule has 21 heavy (non-hydrogen) atoms. The SMILES string of the molecule is CCCNC(C)c1ccc(N2CCC(CC)CC2)cc1O. The van der Waals surface area contributed by atoms with Crippen LogP contribution in [0.3, 0.4) is 0 Å². The lowest BCUT2D eigenvalue weighted by atomic mass is 9.94. The summed E-state index contributed by atoms with van der Waals surface area (Å²) in [7, 11) is 0. The average molecular weight is 290 g/mol. The molecule has 1 saturated heterocycles. The van der Waals surface area contributed by atoms with E-state index in [2.05, 4.69) is 43.1 Å². The number of aromatic hydroxyl groups is 1. The first-order chi connectivity index (χ1) is 10.2. The van der Waals surface area contributed by atoms with Gasteiger partial charge in [-0.2, -0.15) is 0 Å². The van der Waals surface area contributed by atoms with E-state index in [4.69, 9.17) is 0 Å². The molecule has 0 aromatic heterocycles. The van der Waals surface area contributed by atoms with Crippen LogP contribution >= 0.6 is 0 Å². The molecule has 2 rings (SSSR count). The van der Waals surface area contributed by atoms with Gasteiger partial charge in [-0.1, -0.05) is 26.3 Å². The van der Waals surface area contributed by atoms with Crippen LogP contribution in [0.4, 0.5) is 5.69 Å². The van der Waals surface area contributed by atoms with Gasteiger partial charge < -0.3 is 15.3 Å². The van der Waals surface area contributed by atoms with Crippen LogP contribution in [-0.2, 0) is 0 Å². The molecule has 3 heteroatoms. The fourth-order valence-electron chi connectivity index (χ4n) is 3.17. The molecule has 0 amide bonds. The van der Waals surface area contributed by atoms with E-state index in [0.29, 0.717) is 5.75 Å². The number of rotatable bonds is 6. The molecule has 0 aliphatic carbocycles. The average Bonchev–Trinajstić information content (AvgIpc) is 2.52. The van der Waals surface area contributed by atoms with Crippen molar-refractivity contribution in [2.75, 3.05) is 24.5 Å². The molecule has 1 aliphatic heterocycles. The lowest BCUT2D eigenvalue weighted by Gasteiger charge is -2.33. The molecule has 0 spiro atoms. The zero-order valence-corrected chi connectivity index (χ0v) is 13.7. The number of nitrogens with one attached hydrogen (secondary N) is 1. The van der Waals surface area contributed by atoms with Gasteiger partial charge in [0.25, 0.3) is 0 Å². The summed E-state index contributed by atoms with van der Waals surface area (Å²) in [4.78, 5) is 2.40. The Morgan fingerprint density at radius 3 is 2.57 bits per heavy atom. The van der Waals surface area contributed by atoms with E-state index in [0.717, 1.165) is 43.2 Å². The van der Waals surface area contributed by atoms with Gasteiger partial charge in [-0.25, -0.2) is 0 Å². The zero-order valence-electron chi connectivity index (χ0n) is 13.7. The van der Waals surface area contributed by atoms with Crippen molar-refractivity contribution in [1.29, 1.82) is 0 Å². The third-order valence-corrected chi connectivity index (χ3v) is 4.74. The number of hydrogen-bond acceptors (Lipinski definition) is 3. The number of hydrogen-bond donors (Lipinski definition) is 2. The molecule has 1 aromatic rings. The first-order valence-corrected chi connectivity index (χ1v) is 8.46. The van der Waals surface area contributed by atoms with Gasteiger partial charge >= 0.3 is 0 Å². The Morgan fingerprint density at radius 2 is 2.00 bits per heavy atom. The van der Waals surface area contributed by atoms with Gasteiger partial charge in [0.2, 0.25) is 0 Å². The Balaban J connectivity index is 2.02. The Hall–Kier alpha value is -1.22. The van der Waals surface area contributed by atoms with Gasteiger partial charge in [0.15, 0.2) is 0 Å². The second-order valence-corrected chi connectivity index (χ2v) is 6.26. The summed E-state index contributed by atoms with van der Waals surface area (Å²) in [6.07, 6.45) is 4.94. The predicted octanol–water partition coefficient (Wildman–Crippen LogP) is 4.08. The highest BCUT2D eigenvalue weighted by Crippen LogP contribution is 2.31. The Bertz CT molecular complexity index is 439. The van der Waals surface area contributed by atoms with Crippen molar-refractivity contribution >= 4 is 5.69 Å². The smallest absolute Gasteiger partial charge is 0.122 e. The first-order valence-electron chi connectivity index (χ1n) is 8.46. The fraction of sp³-hybridized carbons (Fsp3) is 0.667. The van der Waals surface area contributed by atoms with Gasteiger partial charge in [-0.15, -0.1) is 0 Å². The second kappa shape index (κ2) is 7.69. The minimum absolute atomic E-state index is 0.199. The molecule has 3 nitrogen and oxygen atoms in total. The van der Waals surface area contributed by atoms with Crippen LogP contribution in [0.1, 0.15) is 58.1 Å². The van der Waals surface area contributed by atoms with Gasteiger partial charge in [0, 0.05) is 36.4 Å². The Labute approximate surface area is 129 Å². The van der Waals surface area contributed by atoms with Gasteiger partial charge in [-0.3, -0.25) is 0 Å². The monoisotopic (exact) mass is 290 g/mol.